The van der Waals surface area contributed by atoms with E-state index in [0.717, 1.165) is 52.2 Å². The second-order valence-corrected chi connectivity index (χ2v) is 8.26. The molecule has 1 aliphatic carbocycles. The zero-order valence-corrected chi connectivity index (χ0v) is 17.6. The van der Waals surface area contributed by atoms with Crippen molar-refractivity contribution in [3.63, 3.8) is 0 Å². The normalized spacial score (nSPS) is 17.2. The Morgan fingerprint density at radius 3 is 2.50 bits per heavy atom. The van der Waals surface area contributed by atoms with Crippen molar-refractivity contribution < 1.29 is 4.92 Å². The number of anilines is 2. The number of benzene rings is 1. The number of aromatic nitrogens is 2. The number of nitrogens with zero attached hydrogens (tertiary/aromatic N) is 6. The molecule has 8 nitrogen and oxygen atoms in total. The van der Waals surface area contributed by atoms with Crippen molar-refractivity contribution >= 4 is 17.3 Å². The number of piperazine rings is 1. The highest BCUT2D eigenvalue weighted by Gasteiger charge is 2.33. The van der Waals surface area contributed by atoms with Crippen LogP contribution in [0.4, 0.5) is 17.3 Å². The molecular weight excluding hydrogens is 380 g/mol. The summed E-state index contributed by atoms with van der Waals surface area (Å²) < 4.78 is 0. The fourth-order valence-corrected chi connectivity index (χ4v) is 4.11. The number of rotatable bonds is 9. The zero-order chi connectivity index (χ0) is 20.9. The molecule has 0 N–H and O–H groups in total. The lowest BCUT2D eigenvalue weighted by Crippen LogP contribution is -2.46. The van der Waals surface area contributed by atoms with Crippen LogP contribution in [0.25, 0.3) is 0 Å². The summed E-state index contributed by atoms with van der Waals surface area (Å²) in [7, 11) is 0. The van der Waals surface area contributed by atoms with Crippen LogP contribution in [0.3, 0.4) is 0 Å². The molecule has 1 saturated heterocycles. The van der Waals surface area contributed by atoms with E-state index in [1.807, 2.05) is 11.0 Å². The standard InChI is InChI=1S/C22H30N6O2/c1-2-10-27(16-19-8-9-19)22-20(28(29)30)21(23-17-24-22)26-13-11-25(12-14-26)15-18-6-4-3-5-7-18/h3-7,17,19H,2,8-16H2,1H3. The third-order valence-electron chi connectivity index (χ3n) is 5.86. The number of hydrogen-bond acceptors (Lipinski definition) is 7. The molecule has 0 unspecified atom stereocenters. The second-order valence-electron chi connectivity index (χ2n) is 8.26. The van der Waals surface area contributed by atoms with Gasteiger partial charge in [-0.2, -0.15) is 0 Å². The number of nitro groups is 1. The van der Waals surface area contributed by atoms with Crippen LogP contribution >= 0.6 is 0 Å². The van der Waals surface area contributed by atoms with Gasteiger partial charge in [0.15, 0.2) is 0 Å². The fourth-order valence-electron chi connectivity index (χ4n) is 4.11. The van der Waals surface area contributed by atoms with Crippen molar-refractivity contribution in [1.29, 1.82) is 0 Å². The maximum Gasteiger partial charge on any atom is 0.353 e. The van der Waals surface area contributed by atoms with Gasteiger partial charge in [0, 0.05) is 45.8 Å². The molecule has 2 aromatic rings. The molecule has 160 valence electrons. The van der Waals surface area contributed by atoms with E-state index in [4.69, 9.17) is 0 Å². The molecule has 4 rings (SSSR count). The molecule has 2 fully saturated rings. The maximum atomic E-state index is 12.1. The molecule has 30 heavy (non-hydrogen) atoms. The van der Waals surface area contributed by atoms with E-state index in [-0.39, 0.29) is 10.6 Å². The molecule has 0 spiro atoms. The number of hydrogen-bond donors (Lipinski definition) is 0. The predicted molar refractivity (Wildman–Crippen MR) is 118 cm³/mol. The predicted octanol–water partition coefficient (Wildman–Crippen LogP) is 3.33. The summed E-state index contributed by atoms with van der Waals surface area (Å²) in [5, 5.41) is 12.1. The first-order valence-electron chi connectivity index (χ1n) is 10.9. The average Bonchev–Trinajstić information content (AvgIpc) is 3.58. The van der Waals surface area contributed by atoms with Gasteiger partial charge in [-0.1, -0.05) is 37.3 Å². The molecule has 0 amide bonds. The Labute approximate surface area is 177 Å². The van der Waals surface area contributed by atoms with Gasteiger partial charge in [-0.05, 0) is 30.7 Å². The first-order valence-corrected chi connectivity index (χ1v) is 10.9. The second kappa shape index (κ2) is 9.38. The SMILES string of the molecule is CCCN(CC1CC1)c1ncnc(N2CCN(Cc3ccccc3)CC2)c1[N+](=O)[O-]. The molecule has 2 heterocycles. The monoisotopic (exact) mass is 410 g/mol. The smallest absolute Gasteiger partial charge is 0.350 e. The summed E-state index contributed by atoms with van der Waals surface area (Å²) in [5.74, 6) is 1.57. The highest BCUT2D eigenvalue weighted by atomic mass is 16.6. The van der Waals surface area contributed by atoms with Gasteiger partial charge in [-0.3, -0.25) is 15.0 Å². The fraction of sp³-hybridized carbons (Fsp3) is 0.545. The minimum absolute atomic E-state index is 0.0584. The lowest BCUT2D eigenvalue weighted by atomic mass is 10.2. The van der Waals surface area contributed by atoms with Gasteiger partial charge >= 0.3 is 5.69 Å². The van der Waals surface area contributed by atoms with E-state index in [0.29, 0.717) is 17.6 Å². The Kier molecular flexibility index (Phi) is 6.42. The Bertz CT molecular complexity index is 850. The van der Waals surface area contributed by atoms with Gasteiger partial charge in [0.1, 0.15) is 6.33 Å². The summed E-state index contributed by atoms with van der Waals surface area (Å²) in [5.41, 5.74) is 1.35. The molecule has 1 aliphatic heterocycles. The Morgan fingerprint density at radius 1 is 1.13 bits per heavy atom. The van der Waals surface area contributed by atoms with E-state index >= 15 is 0 Å². The summed E-state index contributed by atoms with van der Waals surface area (Å²) >= 11 is 0. The lowest BCUT2D eigenvalue weighted by molar-refractivity contribution is -0.383. The van der Waals surface area contributed by atoms with Gasteiger partial charge in [0.05, 0.1) is 4.92 Å². The van der Waals surface area contributed by atoms with Crippen molar-refractivity contribution in [3.8, 4) is 0 Å². The van der Waals surface area contributed by atoms with Crippen LogP contribution in [0, 0.1) is 16.0 Å². The Hall–Kier alpha value is -2.74. The van der Waals surface area contributed by atoms with Gasteiger partial charge < -0.3 is 9.80 Å². The lowest BCUT2D eigenvalue weighted by Gasteiger charge is -2.35. The van der Waals surface area contributed by atoms with Crippen molar-refractivity contribution in [1.82, 2.24) is 14.9 Å². The van der Waals surface area contributed by atoms with Crippen LogP contribution in [0.5, 0.6) is 0 Å². The van der Waals surface area contributed by atoms with Crippen LogP contribution < -0.4 is 9.80 Å². The molecular formula is C22H30N6O2. The van der Waals surface area contributed by atoms with Gasteiger partial charge in [-0.25, -0.2) is 9.97 Å². The molecule has 0 radical (unpaired) electrons. The van der Waals surface area contributed by atoms with Gasteiger partial charge in [-0.15, -0.1) is 0 Å². The third-order valence-corrected chi connectivity index (χ3v) is 5.86. The largest absolute Gasteiger partial charge is 0.353 e. The van der Waals surface area contributed by atoms with Crippen molar-refractivity contribution in [2.45, 2.75) is 32.7 Å². The van der Waals surface area contributed by atoms with Crippen molar-refractivity contribution in [3.05, 3.63) is 52.3 Å². The summed E-state index contributed by atoms with van der Waals surface area (Å²) in [6, 6.07) is 10.4. The molecule has 8 heteroatoms. The first-order chi connectivity index (χ1) is 14.7. The minimum Gasteiger partial charge on any atom is -0.350 e. The molecule has 1 aromatic heterocycles. The summed E-state index contributed by atoms with van der Waals surface area (Å²) in [4.78, 5) is 27.0. The molecule has 1 aromatic carbocycles. The average molecular weight is 411 g/mol. The zero-order valence-electron chi connectivity index (χ0n) is 17.6. The quantitative estimate of drug-likeness (QED) is 0.463. The molecule has 0 bridgehead atoms. The highest BCUT2D eigenvalue weighted by Crippen LogP contribution is 2.37. The topological polar surface area (TPSA) is 78.6 Å². The van der Waals surface area contributed by atoms with Gasteiger partial charge in [0.25, 0.3) is 0 Å². The van der Waals surface area contributed by atoms with E-state index in [1.165, 1.54) is 24.7 Å². The van der Waals surface area contributed by atoms with Gasteiger partial charge in [0.2, 0.25) is 11.6 Å². The van der Waals surface area contributed by atoms with Crippen LogP contribution in [0.15, 0.2) is 36.7 Å². The summed E-state index contributed by atoms with van der Waals surface area (Å²) in [6.07, 6.45) is 4.83. The van der Waals surface area contributed by atoms with Crippen molar-refractivity contribution in [2.24, 2.45) is 5.92 Å². The maximum absolute atomic E-state index is 12.1. The highest BCUT2D eigenvalue weighted by molar-refractivity contribution is 5.71. The third kappa shape index (κ3) is 4.87. The van der Waals surface area contributed by atoms with Crippen LogP contribution in [0.2, 0.25) is 0 Å². The van der Waals surface area contributed by atoms with Crippen LogP contribution in [-0.2, 0) is 6.54 Å². The van der Waals surface area contributed by atoms with E-state index < -0.39 is 0 Å². The van der Waals surface area contributed by atoms with E-state index in [9.17, 15) is 10.1 Å². The summed E-state index contributed by atoms with van der Waals surface area (Å²) in [6.45, 7) is 7.77. The van der Waals surface area contributed by atoms with E-state index in [2.05, 4.69) is 51.0 Å². The Balaban J connectivity index is 1.50. The molecule has 0 atom stereocenters. The Morgan fingerprint density at radius 2 is 1.87 bits per heavy atom. The molecule has 1 saturated carbocycles. The van der Waals surface area contributed by atoms with E-state index in [1.54, 1.807) is 0 Å². The molecule has 2 aliphatic rings. The van der Waals surface area contributed by atoms with Crippen molar-refractivity contribution in [2.75, 3.05) is 49.1 Å². The van der Waals surface area contributed by atoms with Crippen LogP contribution in [-0.4, -0.2) is 59.1 Å². The minimum atomic E-state index is -0.295. The first kappa shape index (κ1) is 20.5. The van der Waals surface area contributed by atoms with Crippen LogP contribution in [0.1, 0.15) is 31.7 Å².